The van der Waals surface area contributed by atoms with Crippen LogP contribution in [0.2, 0.25) is 5.02 Å². The number of halogens is 4. The van der Waals surface area contributed by atoms with Crippen molar-refractivity contribution in [3.05, 3.63) is 47.5 Å². The Morgan fingerprint density at radius 2 is 1.68 bits per heavy atom. The third kappa shape index (κ3) is 3.32. The Bertz CT molecular complexity index is 599. The lowest BCUT2D eigenvalue weighted by Gasteiger charge is -2.12. The van der Waals surface area contributed by atoms with Crippen molar-refractivity contribution in [3.8, 4) is 16.9 Å². The first-order chi connectivity index (χ1) is 8.87. The van der Waals surface area contributed by atoms with Crippen molar-refractivity contribution in [1.82, 2.24) is 0 Å². The van der Waals surface area contributed by atoms with E-state index in [1.807, 2.05) is 0 Å². The van der Waals surface area contributed by atoms with E-state index >= 15 is 0 Å². The molecule has 0 saturated heterocycles. The Labute approximate surface area is 112 Å². The number of hydrogen-bond donors (Lipinski definition) is 1. The molecule has 2 N–H and O–H groups in total. The second-order valence-corrected chi connectivity index (χ2v) is 4.18. The normalized spacial score (nSPS) is 11.4. The Morgan fingerprint density at radius 3 is 2.26 bits per heavy atom. The van der Waals surface area contributed by atoms with Crippen LogP contribution < -0.4 is 10.5 Å². The summed E-state index contributed by atoms with van der Waals surface area (Å²) in [7, 11) is 0. The Balaban J connectivity index is 2.38. The van der Waals surface area contributed by atoms with E-state index in [4.69, 9.17) is 17.3 Å². The van der Waals surface area contributed by atoms with E-state index in [2.05, 4.69) is 4.74 Å². The van der Waals surface area contributed by atoms with Crippen LogP contribution in [0.1, 0.15) is 0 Å². The molecule has 0 aliphatic heterocycles. The molecule has 100 valence electrons. The van der Waals surface area contributed by atoms with Gasteiger partial charge in [0.2, 0.25) is 0 Å². The average molecular weight is 288 g/mol. The smallest absolute Gasteiger partial charge is 0.406 e. The van der Waals surface area contributed by atoms with E-state index in [1.165, 1.54) is 12.1 Å². The van der Waals surface area contributed by atoms with Crippen molar-refractivity contribution in [2.45, 2.75) is 6.36 Å². The summed E-state index contributed by atoms with van der Waals surface area (Å²) in [4.78, 5) is 0. The van der Waals surface area contributed by atoms with Crippen molar-refractivity contribution in [2.75, 3.05) is 5.73 Å². The molecular formula is C13H9ClF3NO. The van der Waals surface area contributed by atoms with Gasteiger partial charge in [0.25, 0.3) is 0 Å². The number of alkyl halides is 3. The van der Waals surface area contributed by atoms with Gasteiger partial charge in [0.05, 0.1) is 0 Å². The third-order valence-corrected chi connectivity index (χ3v) is 2.75. The summed E-state index contributed by atoms with van der Waals surface area (Å²) in [6.45, 7) is 0. The third-order valence-electron chi connectivity index (χ3n) is 2.42. The van der Waals surface area contributed by atoms with Gasteiger partial charge in [-0.2, -0.15) is 0 Å². The maximum atomic E-state index is 12.1. The summed E-state index contributed by atoms with van der Waals surface area (Å²) in [5.41, 5.74) is 7.11. The van der Waals surface area contributed by atoms with Crippen LogP contribution in [0.3, 0.4) is 0 Å². The zero-order valence-corrected chi connectivity index (χ0v) is 10.3. The van der Waals surface area contributed by atoms with Crippen LogP contribution in [0.25, 0.3) is 11.1 Å². The number of ether oxygens (including phenoxy) is 1. The quantitative estimate of drug-likeness (QED) is 0.826. The van der Waals surface area contributed by atoms with Crippen LogP contribution in [0.15, 0.2) is 42.5 Å². The second kappa shape index (κ2) is 5.01. The number of nitrogens with two attached hydrogens (primary N) is 1. The average Bonchev–Trinajstić information content (AvgIpc) is 2.28. The van der Waals surface area contributed by atoms with E-state index in [-0.39, 0.29) is 11.4 Å². The minimum atomic E-state index is -4.74. The molecule has 0 aromatic heterocycles. The number of benzene rings is 2. The van der Waals surface area contributed by atoms with Gasteiger partial charge in [-0.15, -0.1) is 13.2 Å². The van der Waals surface area contributed by atoms with Crippen LogP contribution >= 0.6 is 11.6 Å². The fraction of sp³-hybridized carbons (Fsp3) is 0.0769. The van der Waals surface area contributed by atoms with E-state index in [0.717, 1.165) is 6.07 Å². The maximum absolute atomic E-state index is 12.1. The lowest BCUT2D eigenvalue weighted by molar-refractivity contribution is -0.274. The molecule has 0 unspecified atom stereocenters. The molecule has 0 saturated carbocycles. The number of anilines is 1. The van der Waals surface area contributed by atoms with E-state index in [1.54, 1.807) is 24.3 Å². The van der Waals surface area contributed by atoms with Crippen molar-refractivity contribution in [2.24, 2.45) is 0 Å². The van der Waals surface area contributed by atoms with Crippen LogP contribution in [0.4, 0.5) is 18.9 Å². The zero-order chi connectivity index (χ0) is 14.0. The highest BCUT2D eigenvalue weighted by atomic mass is 35.5. The first-order valence-electron chi connectivity index (χ1n) is 5.27. The van der Waals surface area contributed by atoms with Gasteiger partial charge < -0.3 is 10.5 Å². The molecule has 2 aromatic rings. The van der Waals surface area contributed by atoms with Gasteiger partial charge in [-0.3, -0.25) is 0 Å². The minimum Gasteiger partial charge on any atom is -0.406 e. The Morgan fingerprint density at radius 1 is 1.00 bits per heavy atom. The Kier molecular flexibility index (Phi) is 3.57. The molecule has 2 nitrogen and oxygen atoms in total. The largest absolute Gasteiger partial charge is 0.573 e. The molecule has 19 heavy (non-hydrogen) atoms. The first-order valence-corrected chi connectivity index (χ1v) is 5.65. The van der Waals surface area contributed by atoms with Crippen LogP contribution in [0, 0.1) is 0 Å². The Hall–Kier alpha value is -1.88. The topological polar surface area (TPSA) is 35.2 Å². The molecule has 0 bridgehead atoms. The molecular weight excluding hydrogens is 279 g/mol. The molecule has 0 aliphatic carbocycles. The van der Waals surface area contributed by atoms with Crippen molar-refractivity contribution >= 4 is 17.3 Å². The SMILES string of the molecule is Nc1cc(OC(F)(F)F)ccc1-c1ccccc1Cl. The fourth-order valence-corrected chi connectivity index (χ4v) is 1.90. The molecule has 2 rings (SSSR count). The van der Waals surface area contributed by atoms with Crippen molar-refractivity contribution in [3.63, 3.8) is 0 Å². The summed E-state index contributed by atoms with van der Waals surface area (Å²) in [6.07, 6.45) is -4.74. The summed E-state index contributed by atoms with van der Waals surface area (Å²) in [5.74, 6) is -0.360. The molecule has 0 spiro atoms. The van der Waals surface area contributed by atoms with Crippen molar-refractivity contribution < 1.29 is 17.9 Å². The zero-order valence-electron chi connectivity index (χ0n) is 9.54. The highest BCUT2D eigenvalue weighted by molar-refractivity contribution is 6.33. The lowest BCUT2D eigenvalue weighted by atomic mass is 10.0. The summed E-state index contributed by atoms with van der Waals surface area (Å²) in [5, 5.41) is 0.471. The summed E-state index contributed by atoms with van der Waals surface area (Å²) in [6, 6.07) is 10.7. The highest BCUT2D eigenvalue weighted by Gasteiger charge is 2.31. The minimum absolute atomic E-state index is 0.162. The van der Waals surface area contributed by atoms with Gasteiger partial charge in [0.1, 0.15) is 5.75 Å². The van der Waals surface area contributed by atoms with Gasteiger partial charge >= 0.3 is 6.36 Å². The number of nitrogen functional groups attached to an aromatic ring is 1. The molecule has 0 heterocycles. The van der Waals surface area contributed by atoms with Gasteiger partial charge in [0, 0.05) is 27.9 Å². The molecule has 0 fully saturated rings. The molecule has 0 atom stereocenters. The molecule has 0 amide bonds. The fourth-order valence-electron chi connectivity index (χ4n) is 1.66. The van der Waals surface area contributed by atoms with Gasteiger partial charge in [-0.1, -0.05) is 29.8 Å². The van der Waals surface area contributed by atoms with E-state index in [0.29, 0.717) is 16.1 Å². The van der Waals surface area contributed by atoms with Gasteiger partial charge in [-0.25, -0.2) is 0 Å². The number of rotatable bonds is 2. The number of hydrogen-bond acceptors (Lipinski definition) is 2. The highest BCUT2D eigenvalue weighted by Crippen LogP contribution is 2.35. The molecule has 0 radical (unpaired) electrons. The van der Waals surface area contributed by atoms with Crippen molar-refractivity contribution in [1.29, 1.82) is 0 Å². The van der Waals surface area contributed by atoms with Crippen LogP contribution in [0.5, 0.6) is 5.75 Å². The van der Waals surface area contributed by atoms with E-state index < -0.39 is 6.36 Å². The predicted octanol–water partition coefficient (Wildman–Crippen LogP) is 4.49. The van der Waals surface area contributed by atoms with Gasteiger partial charge in [-0.05, 0) is 18.2 Å². The first kappa shape index (κ1) is 13.5. The molecule has 6 heteroatoms. The van der Waals surface area contributed by atoms with E-state index in [9.17, 15) is 13.2 Å². The second-order valence-electron chi connectivity index (χ2n) is 3.78. The summed E-state index contributed by atoms with van der Waals surface area (Å²) >= 11 is 6.01. The molecule has 2 aromatic carbocycles. The van der Waals surface area contributed by atoms with Crippen LogP contribution in [-0.2, 0) is 0 Å². The van der Waals surface area contributed by atoms with Crippen LogP contribution in [-0.4, -0.2) is 6.36 Å². The standard InChI is InChI=1S/C13H9ClF3NO/c14-11-4-2-1-3-9(11)10-6-5-8(7-12(10)18)19-13(15,16)17/h1-7H,18H2. The van der Waals surface area contributed by atoms with Gasteiger partial charge in [0.15, 0.2) is 0 Å². The summed E-state index contributed by atoms with van der Waals surface area (Å²) < 4.78 is 40.0. The molecule has 0 aliphatic rings. The monoisotopic (exact) mass is 287 g/mol. The lowest BCUT2D eigenvalue weighted by Crippen LogP contribution is -2.17. The maximum Gasteiger partial charge on any atom is 0.573 e. The predicted molar refractivity (Wildman–Crippen MR) is 68.0 cm³/mol.